The van der Waals surface area contributed by atoms with Gasteiger partial charge in [-0.2, -0.15) is 10.2 Å². The molecular weight excluding hydrogens is 218 g/mol. The topological polar surface area (TPSA) is 62.1 Å². The van der Waals surface area contributed by atoms with Crippen LogP contribution in [0.4, 0.5) is 0 Å². The third kappa shape index (κ3) is 3.94. The Kier molecular flexibility index (Phi) is 5.26. The van der Waals surface area contributed by atoms with Gasteiger partial charge in [0.1, 0.15) is 0 Å². The van der Waals surface area contributed by atoms with Gasteiger partial charge >= 0.3 is 0 Å². The van der Waals surface area contributed by atoms with Gasteiger partial charge in [-0.15, -0.1) is 0 Å². The first-order chi connectivity index (χ1) is 8.19. The normalized spacial score (nSPS) is 19.2. The van der Waals surface area contributed by atoms with E-state index in [0.29, 0.717) is 19.3 Å². The van der Waals surface area contributed by atoms with Crippen LogP contribution < -0.4 is 0 Å². The van der Waals surface area contributed by atoms with Gasteiger partial charge < -0.3 is 0 Å². The van der Waals surface area contributed by atoms with Crippen molar-refractivity contribution in [2.45, 2.75) is 32.6 Å². The van der Waals surface area contributed by atoms with Crippen LogP contribution in [0.5, 0.6) is 0 Å². The number of hydrogen-bond acceptors (Lipinski definition) is 4. The second-order valence-corrected chi connectivity index (χ2v) is 3.83. The lowest BCUT2D eigenvalue weighted by Gasteiger charge is -2.21. The number of likely N-dealkylation sites (tertiary alicyclic amines) is 1. The van der Waals surface area contributed by atoms with Crippen LogP contribution in [-0.2, 0) is 9.59 Å². The van der Waals surface area contributed by atoms with Gasteiger partial charge in [-0.05, 0) is 12.8 Å². The molecule has 1 saturated heterocycles. The molecule has 92 valence electrons. The van der Waals surface area contributed by atoms with Crippen molar-refractivity contribution in [1.29, 1.82) is 0 Å². The van der Waals surface area contributed by atoms with E-state index in [4.69, 9.17) is 0 Å². The van der Waals surface area contributed by atoms with Gasteiger partial charge in [0.05, 0.1) is 0 Å². The van der Waals surface area contributed by atoms with Crippen molar-refractivity contribution in [2.24, 2.45) is 16.1 Å². The highest BCUT2D eigenvalue weighted by Gasteiger charge is 2.23. The molecule has 0 spiro atoms. The summed E-state index contributed by atoms with van der Waals surface area (Å²) in [7, 11) is 0. The number of hydrogen-bond donors (Lipinski definition) is 0. The second-order valence-electron chi connectivity index (χ2n) is 3.83. The lowest BCUT2D eigenvalue weighted by atomic mass is 10.1. The van der Waals surface area contributed by atoms with E-state index in [0.717, 1.165) is 6.42 Å². The van der Waals surface area contributed by atoms with Crippen molar-refractivity contribution >= 4 is 24.7 Å². The Morgan fingerprint density at radius 3 is 2.59 bits per heavy atom. The lowest BCUT2D eigenvalue weighted by Crippen LogP contribution is -2.35. The number of nitrogens with zero attached hydrogens (tertiary/aromatic N) is 3. The summed E-state index contributed by atoms with van der Waals surface area (Å²) in [6, 6.07) is 0. The number of piperidine rings is 1. The van der Waals surface area contributed by atoms with Crippen LogP contribution in [0.15, 0.2) is 22.5 Å². The van der Waals surface area contributed by atoms with Crippen molar-refractivity contribution in [3.8, 4) is 0 Å². The summed E-state index contributed by atoms with van der Waals surface area (Å²) in [5, 5.41) is 7.08. The summed E-state index contributed by atoms with van der Waals surface area (Å²) >= 11 is 0. The molecule has 1 aliphatic rings. The first-order valence-corrected chi connectivity index (χ1v) is 5.71. The van der Waals surface area contributed by atoms with E-state index < -0.39 is 0 Å². The van der Waals surface area contributed by atoms with Crippen molar-refractivity contribution in [3.63, 3.8) is 0 Å². The molecule has 2 amide bonds. The van der Waals surface area contributed by atoms with Crippen LogP contribution in [0.25, 0.3) is 0 Å². The van der Waals surface area contributed by atoms with Crippen LogP contribution in [0.1, 0.15) is 32.6 Å². The predicted molar refractivity (Wildman–Crippen MR) is 66.7 cm³/mol. The number of amides is 2. The van der Waals surface area contributed by atoms with E-state index in [1.165, 1.54) is 4.90 Å². The van der Waals surface area contributed by atoms with Crippen LogP contribution in [0.3, 0.4) is 0 Å². The average Bonchev–Trinajstić information content (AvgIpc) is 2.32. The van der Waals surface area contributed by atoms with Crippen molar-refractivity contribution in [2.75, 3.05) is 0 Å². The summed E-state index contributed by atoms with van der Waals surface area (Å²) < 4.78 is 0. The van der Waals surface area contributed by atoms with Gasteiger partial charge in [0, 0.05) is 37.9 Å². The summed E-state index contributed by atoms with van der Waals surface area (Å²) in [5.41, 5.74) is 0. The SMILES string of the molecule is C=N/N=C/C(/C=C/N1C(=O)CCCC1=O)CC. The first-order valence-electron chi connectivity index (χ1n) is 5.71. The Bertz CT molecular complexity index is 345. The molecule has 0 aromatic carbocycles. The molecule has 1 fully saturated rings. The molecule has 5 heteroatoms. The maximum absolute atomic E-state index is 11.5. The number of imide groups is 1. The van der Waals surface area contributed by atoms with E-state index in [-0.39, 0.29) is 17.7 Å². The third-order valence-electron chi connectivity index (χ3n) is 2.61. The summed E-state index contributed by atoms with van der Waals surface area (Å²) in [6.07, 6.45) is 7.34. The third-order valence-corrected chi connectivity index (χ3v) is 2.61. The molecular formula is C12H17N3O2. The van der Waals surface area contributed by atoms with E-state index in [1.54, 1.807) is 18.5 Å². The fourth-order valence-electron chi connectivity index (χ4n) is 1.56. The molecule has 0 radical (unpaired) electrons. The highest BCUT2D eigenvalue weighted by atomic mass is 16.2. The quantitative estimate of drug-likeness (QED) is 0.414. The van der Waals surface area contributed by atoms with Gasteiger partial charge in [0.25, 0.3) is 0 Å². The summed E-state index contributed by atoms with van der Waals surface area (Å²) in [4.78, 5) is 24.2. The molecule has 0 saturated carbocycles. The molecule has 0 aromatic rings. The zero-order chi connectivity index (χ0) is 12.7. The molecule has 0 aromatic heterocycles. The van der Waals surface area contributed by atoms with Gasteiger partial charge in [0.2, 0.25) is 11.8 Å². The minimum absolute atomic E-state index is 0.0584. The lowest BCUT2D eigenvalue weighted by molar-refractivity contribution is -0.144. The fraction of sp³-hybridized carbons (Fsp3) is 0.500. The Balaban J connectivity index is 2.66. The predicted octanol–water partition coefficient (Wildman–Crippen LogP) is 1.75. The van der Waals surface area contributed by atoms with Gasteiger partial charge in [0.15, 0.2) is 0 Å². The standard InChI is InChI=1S/C12H17N3O2/c1-3-10(9-14-13-2)7-8-15-11(16)5-4-6-12(15)17/h7-10H,2-6H2,1H3/b8-7+,14-9+. The maximum atomic E-state index is 11.5. The summed E-state index contributed by atoms with van der Waals surface area (Å²) in [6.45, 7) is 5.24. The minimum atomic E-state index is -0.133. The van der Waals surface area contributed by atoms with Crippen molar-refractivity contribution in [1.82, 2.24) is 4.90 Å². The maximum Gasteiger partial charge on any atom is 0.233 e. The molecule has 0 bridgehead atoms. The van der Waals surface area contributed by atoms with Gasteiger partial charge in [-0.1, -0.05) is 13.0 Å². The fourth-order valence-corrected chi connectivity index (χ4v) is 1.56. The van der Waals surface area contributed by atoms with E-state index in [9.17, 15) is 9.59 Å². The zero-order valence-electron chi connectivity index (χ0n) is 10.0. The average molecular weight is 235 g/mol. The smallest absolute Gasteiger partial charge is 0.233 e. The molecule has 1 heterocycles. The number of carbonyl (C=O) groups is 2. The molecule has 1 atom stereocenters. The van der Waals surface area contributed by atoms with Crippen LogP contribution in [0.2, 0.25) is 0 Å². The van der Waals surface area contributed by atoms with E-state index in [1.807, 2.05) is 6.92 Å². The number of rotatable bonds is 5. The number of carbonyl (C=O) groups excluding carboxylic acids is 2. The monoisotopic (exact) mass is 235 g/mol. The molecule has 1 unspecified atom stereocenters. The minimum Gasteiger partial charge on any atom is -0.274 e. The highest BCUT2D eigenvalue weighted by molar-refractivity contribution is 5.98. The van der Waals surface area contributed by atoms with Crippen LogP contribution >= 0.6 is 0 Å². The van der Waals surface area contributed by atoms with Crippen LogP contribution in [-0.4, -0.2) is 29.6 Å². The second kappa shape index (κ2) is 6.73. The molecule has 5 nitrogen and oxygen atoms in total. The van der Waals surface area contributed by atoms with Gasteiger partial charge in [-0.25, -0.2) is 0 Å². The Hall–Kier alpha value is -1.78. The Morgan fingerprint density at radius 1 is 1.41 bits per heavy atom. The Labute approximate surface area is 101 Å². The summed E-state index contributed by atoms with van der Waals surface area (Å²) in [5.74, 6) is -0.208. The van der Waals surface area contributed by atoms with Crippen molar-refractivity contribution in [3.05, 3.63) is 12.3 Å². The zero-order valence-corrected chi connectivity index (χ0v) is 10.0. The molecule has 1 aliphatic heterocycles. The molecule has 0 N–H and O–H groups in total. The molecule has 1 rings (SSSR count). The largest absolute Gasteiger partial charge is 0.274 e. The molecule has 17 heavy (non-hydrogen) atoms. The van der Waals surface area contributed by atoms with E-state index in [2.05, 4.69) is 16.9 Å². The molecule has 0 aliphatic carbocycles. The van der Waals surface area contributed by atoms with Crippen LogP contribution in [0, 0.1) is 5.92 Å². The first kappa shape index (κ1) is 13.3. The highest BCUT2D eigenvalue weighted by Crippen LogP contribution is 2.13. The van der Waals surface area contributed by atoms with E-state index >= 15 is 0 Å². The van der Waals surface area contributed by atoms with Gasteiger partial charge in [-0.3, -0.25) is 14.5 Å². The number of allylic oxidation sites excluding steroid dienone is 1. The Morgan fingerprint density at radius 2 is 2.06 bits per heavy atom. The van der Waals surface area contributed by atoms with Crippen molar-refractivity contribution < 1.29 is 9.59 Å².